The van der Waals surface area contributed by atoms with Gasteiger partial charge in [-0.15, -0.1) is 0 Å². The van der Waals surface area contributed by atoms with E-state index < -0.39 is 0 Å². The molecular weight excluding hydrogens is 380 g/mol. The minimum absolute atomic E-state index is 0.367. The van der Waals surface area contributed by atoms with Gasteiger partial charge in [-0.3, -0.25) is 0 Å². The Morgan fingerprint density at radius 2 is 2.04 bits per heavy atom. The van der Waals surface area contributed by atoms with Crippen LogP contribution in [0, 0.1) is 6.92 Å². The minimum atomic E-state index is -0.367. The summed E-state index contributed by atoms with van der Waals surface area (Å²) in [6.07, 6.45) is 3.37. The van der Waals surface area contributed by atoms with Crippen LogP contribution in [0.1, 0.15) is 11.1 Å². The predicted octanol–water partition coefficient (Wildman–Crippen LogP) is 5.21. The molecule has 0 aliphatic rings. The van der Waals surface area contributed by atoms with Crippen LogP contribution in [0.4, 0.5) is 10.5 Å². The van der Waals surface area contributed by atoms with Crippen molar-refractivity contribution in [2.45, 2.75) is 6.92 Å². The Kier molecular flexibility index (Phi) is 6.07. The van der Waals surface area contributed by atoms with E-state index >= 15 is 0 Å². The first-order valence-electron chi connectivity index (χ1n) is 6.84. The highest BCUT2D eigenvalue weighted by atomic mass is 79.9. The minimum Gasteiger partial charge on any atom is -0.495 e. The highest BCUT2D eigenvalue weighted by molar-refractivity contribution is 9.10. The maximum absolute atomic E-state index is 12.0. The molecule has 0 unspecified atom stereocenters. The van der Waals surface area contributed by atoms with E-state index in [0.717, 1.165) is 15.6 Å². The summed E-state index contributed by atoms with van der Waals surface area (Å²) in [5.41, 5.74) is 2.38. The van der Waals surface area contributed by atoms with Crippen molar-refractivity contribution >= 4 is 45.3 Å². The van der Waals surface area contributed by atoms with E-state index in [0.29, 0.717) is 16.5 Å². The molecule has 0 heterocycles. The second kappa shape index (κ2) is 8.04. The van der Waals surface area contributed by atoms with Crippen molar-refractivity contribution in [2.75, 3.05) is 12.4 Å². The smallest absolute Gasteiger partial charge is 0.323 e. The molecule has 120 valence electrons. The monoisotopic (exact) mass is 394 g/mol. The number of urea groups is 1. The van der Waals surface area contributed by atoms with Crippen molar-refractivity contribution in [1.29, 1.82) is 0 Å². The lowest BCUT2D eigenvalue weighted by atomic mass is 10.2. The van der Waals surface area contributed by atoms with Gasteiger partial charge in [0.25, 0.3) is 0 Å². The quantitative estimate of drug-likeness (QED) is 0.746. The Morgan fingerprint density at radius 1 is 1.30 bits per heavy atom. The normalized spacial score (nSPS) is 10.6. The largest absolute Gasteiger partial charge is 0.495 e. The van der Waals surface area contributed by atoms with Crippen LogP contribution in [-0.4, -0.2) is 13.1 Å². The Morgan fingerprint density at radius 3 is 2.74 bits per heavy atom. The molecule has 0 spiro atoms. The maximum atomic E-state index is 12.0. The van der Waals surface area contributed by atoms with Gasteiger partial charge in [0.2, 0.25) is 0 Å². The summed E-state index contributed by atoms with van der Waals surface area (Å²) in [6, 6.07) is 10.8. The van der Waals surface area contributed by atoms with E-state index in [4.69, 9.17) is 16.3 Å². The summed E-state index contributed by atoms with van der Waals surface area (Å²) in [7, 11) is 1.52. The Hall–Kier alpha value is -1.98. The van der Waals surface area contributed by atoms with Gasteiger partial charge in [-0.05, 0) is 36.3 Å². The maximum Gasteiger partial charge on any atom is 0.323 e. The molecule has 23 heavy (non-hydrogen) atoms. The average molecular weight is 396 g/mol. The number of hydrogen-bond acceptors (Lipinski definition) is 2. The highest BCUT2D eigenvalue weighted by Gasteiger charge is 2.09. The van der Waals surface area contributed by atoms with Crippen molar-refractivity contribution in [1.82, 2.24) is 5.32 Å². The van der Waals surface area contributed by atoms with E-state index in [1.54, 1.807) is 24.4 Å². The fourth-order valence-corrected chi connectivity index (χ4v) is 2.48. The molecular formula is C17H16BrClN2O2. The molecule has 2 amide bonds. The number of rotatable bonds is 4. The first-order chi connectivity index (χ1) is 11.0. The summed E-state index contributed by atoms with van der Waals surface area (Å²) in [4.78, 5) is 12.0. The molecule has 2 rings (SSSR count). The second-order valence-electron chi connectivity index (χ2n) is 4.75. The number of benzene rings is 2. The first-order valence-corrected chi connectivity index (χ1v) is 8.01. The molecule has 2 aromatic rings. The van der Waals surface area contributed by atoms with E-state index in [1.807, 2.05) is 31.2 Å². The van der Waals surface area contributed by atoms with Crippen molar-refractivity contribution < 1.29 is 9.53 Å². The van der Waals surface area contributed by atoms with Crippen LogP contribution < -0.4 is 15.4 Å². The van der Waals surface area contributed by atoms with Gasteiger partial charge in [0, 0.05) is 21.8 Å². The zero-order valence-electron chi connectivity index (χ0n) is 12.7. The molecule has 0 atom stereocenters. The summed E-state index contributed by atoms with van der Waals surface area (Å²) in [6.45, 7) is 1.86. The van der Waals surface area contributed by atoms with Gasteiger partial charge in [-0.2, -0.15) is 0 Å². The number of ether oxygens (including phenoxy) is 1. The van der Waals surface area contributed by atoms with E-state index in [9.17, 15) is 4.79 Å². The third-order valence-corrected chi connectivity index (χ3v) is 4.24. The lowest BCUT2D eigenvalue weighted by Gasteiger charge is -2.12. The number of halogens is 2. The number of amides is 2. The fraction of sp³-hybridized carbons (Fsp3) is 0.118. The molecule has 0 fully saturated rings. The first kappa shape index (κ1) is 17.4. The lowest BCUT2D eigenvalue weighted by molar-refractivity contribution is 0.255. The number of anilines is 1. The van der Waals surface area contributed by atoms with Gasteiger partial charge in [0.15, 0.2) is 0 Å². The average Bonchev–Trinajstić information content (AvgIpc) is 2.52. The van der Waals surface area contributed by atoms with Gasteiger partial charge in [0.05, 0.1) is 12.8 Å². The molecule has 6 heteroatoms. The summed E-state index contributed by atoms with van der Waals surface area (Å²) in [5.74, 6) is 0.505. The van der Waals surface area contributed by atoms with Crippen LogP contribution in [0.2, 0.25) is 5.02 Å². The van der Waals surface area contributed by atoms with Gasteiger partial charge in [-0.1, -0.05) is 45.7 Å². The third-order valence-electron chi connectivity index (χ3n) is 3.11. The molecule has 2 N–H and O–H groups in total. The van der Waals surface area contributed by atoms with Crippen molar-refractivity contribution in [3.8, 4) is 5.75 Å². The number of methoxy groups -OCH3 is 1. The zero-order valence-corrected chi connectivity index (χ0v) is 15.0. The summed E-state index contributed by atoms with van der Waals surface area (Å²) in [5, 5.41) is 5.97. The number of carbonyl (C=O) groups excluding carboxylic acids is 1. The van der Waals surface area contributed by atoms with E-state index in [-0.39, 0.29) is 6.03 Å². The predicted molar refractivity (Wildman–Crippen MR) is 98.1 cm³/mol. The van der Waals surface area contributed by atoms with Gasteiger partial charge in [-0.25, -0.2) is 4.79 Å². The Balaban J connectivity index is 2.03. The van der Waals surface area contributed by atoms with Crippen molar-refractivity contribution in [3.63, 3.8) is 0 Å². The van der Waals surface area contributed by atoms with Crippen LogP contribution in [0.3, 0.4) is 0 Å². The van der Waals surface area contributed by atoms with Crippen LogP contribution >= 0.6 is 27.5 Å². The third kappa shape index (κ3) is 4.74. The van der Waals surface area contributed by atoms with E-state index in [1.165, 1.54) is 7.11 Å². The van der Waals surface area contributed by atoms with Crippen molar-refractivity contribution in [2.24, 2.45) is 0 Å². The summed E-state index contributed by atoms with van der Waals surface area (Å²) >= 11 is 9.49. The number of nitrogens with one attached hydrogen (secondary N) is 2. The molecule has 0 saturated heterocycles. The molecule has 0 aliphatic heterocycles. The van der Waals surface area contributed by atoms with Gasteiger partial charge >= 0.3 is 6.03 Å². The number of hydrogen-bond donors (Lipinski definition) is 2. The molecule has 0 saturated carbocycles. The number of aryl methyl sites for hydroxylation is 1. The molecule has 0 aromatic heterocycles. The highest BCUT2D eigenvalue weighted by Crippen LogP contribution is 2.30. The SMILES string of the molecule is COc1cc(Cl)c(C)cc1NC(=O)N/C=C/c1ccccc1Br. The van der Waals surface area contributed by atoms with Crippen LogP contribution in [-0.2, 0) is 0 Å². The van der Waals surface area contributed by atoms with Crippen LogP contribution in [0.25, 0.3) is 6.08 Å². The standard InChI is InChI=1S/C17H16BrClN2O2/c1-11-9-15(16(23-2)10-14(11)19)21-17(22)20-8-7-12-5-3-4-6-13(12)18/h3-10H,1-2H3,(H2,20,21,22)/b8-7+. The zero-order chi connectivity index (χ0) is 16.8. The molecule has 0 radical (unpaired) electrons. The molecule has 4 nitrogen and oxygen atoms in total. The van der Waals surface area contributed by atoms with Crippen molar-refractivity contribution in [3.05, 3.63) is 63.2 Å². The van der Waals surface area contributed by atoms with E-state index in [2.05, 4.69) is 26.6 Å². The van der Waals surface area contributed by atoms with Crippen LogP contribution in [0.15, 0.2) is 47.1 Å². The second-order valence-corrected chi connectivity index (χ2v) is 6.02. The summed E-state index contributed by atoms with van der Waals surface area (Å²) < 4.78 is 6.17. The van der Waals surface area contributed by atoms with Gasteiger partial charge in [0.1, 0.15) is 5.75 Å². The fourth-order valence-electron chi connectivity index (χ4n) is 1.91. The van der Waals surface area contributed by atoms with Crippen LogP contribution in [0.5, 0.6) is 5.75 Å². The molecule has 2 aromatic carbocycles. The topological polar surface area (TPSA) is 50.4 Å². The Bertz CT molecular complexity index is 747. The van der Waals surface area contributed by atoms with Gasteiger partial charge < -0.3 is 15.4 Å². The Labute approximate surface area is 148 Å². The lowest BCUT2D eigenvalue weighted by Crippen LogP contribution is -2.24. The number of carbonyl (C=O) groups is 1. The molecule has 0 bridgehead atoms. The molecule has 0 aliphatic carbocycles.